The van der Waals surface area contributed by atoms with Gasteiger partial charge in [0.2, 0.25) is 0 Å². The van der Waals surface area contributed by atoms with Crippen LogP contribution in [0.25, 0.3) is 0 Å². The summed E-state index contributed by atoms with van der Waals surface area (Å²) in [4.78, 5) is 12.3. The van der Waals surface area contributed by atoms with Crippen LogP contribution in [0.1, 0.15) is 22.6 Å². The van der Waals surface area contributed by atoms with Crippen molar-refractivity contribution in [1.29, 1.82) is 0 Å². The summed E-state index contributed by atoms with van der Waals surface area (Å²) < 4.78 is 5.14. The number of nitrogens with zero attached hydrogens (tertiary/aromatic N) is 3. The second kappa shape index (κ2) is 5.73. The Kier molecular flexibility index (Phi) is 4.18. The molecule has 0 spiro atoms. The molecule has 1 aromatic heterocycles. The molecule has 2 rings (SSSR count). The summed E-state index contributed by atoms with van der Waals surface area (Å²) in [6.07, 6.45) is 0. The van der Waals surface area contributed by atoms with Crippen LogP contribution in [0.4, 0.5) is 11.4 Å². The number of rotatable bonds is 4. The third-order valence-corrected chi connectivity index (χ3v) is 3.70. The molecule has 1 aromatic carbocycles. The van der Waals surface area contributed by atoms with Crippen LogP contribution < -0.4 is 4.90 Å². The first-order chi connectivity index (χ1) is 9.81. The standard InChI is InChI=1S/C14H16ClN3O3/c1-8-5-11(18(19)20)6-13(15)14(8)17(4)7-12-9(2)16-21-10(12)3/h5-6H,7H2,1-4H3. The maximum absolute atomic E-state index is 10.8. The van der Waals surface area contributed by atoms with E-state index in [0.29, 0.717) is 11.6 Å². The summed E-state index contributed by atoms with van der Waals surface area (Å²) in [5.41, 5.74) is 3.33. The van der Waals surface area contributed by atoms with Crippen LogP contribution in [0.3, 0.4) is 0 Å². The average molecular weight is 310 g/mol. The van der Waals surface area contributed by atoms with Gasteiger partial charge in [-0.05, 0) is 26.3 Å². The molecule has 0 amide bonds. The Morgan fingerprint density at radius 2 is 2.05 bits per heavy atom. The Labute approximate surface area is 127 Å². The predicted octanol–water partition coefficient (Wildman–Crippen LogP) is 3.80. The number of nitro groups is 1. The number of hydrogen-bond acceptors (Lipinski definition) is 5. The average Bonchev–Trinajstić information content (AvgIpc) is 2.69. The zero-order valence-electron chi connectivity index (χ0n) is 12.3. The van der Waals surface area contributed by atoms with Crippen LogP contribution in [-0.4, -0.2) is 17.1 Å². The SMILES string of the molecule is Cc1cc([N+](=O)[O-])cc(Cl)c1N(C)Cc1c(C)noc1C. The molecule has 0 fully saturated rings. The van der Waals surface area contributed by atoms with Crippen molar-refractivity contribution < 1.29 is 9.45 Å². The van der Waals surface area contributed by atoms with E-state index in [2.05, 4.69) is 5.16 Å². The first-order valence-electron chi connectivity index (χ1n) is 6.38. The summed E-state index contributed by atoms with van der Waals surface area (Å²) in [5.74, 6) is 0.759. The van der Waals surface area contributed by atoms with Crippen molar-refractivity contribution in [2.45, 2.75) is 27.3 Å². The number of aryl methyl sites for hydroxylation is 3. The van der Waals surface area contributed by atoms with Gasteiger partial charge in [-0.25, -0.2) is 0 Å². The normalized spacial score (nSPS) is 10.7. The molecule has 21 heavy (non-hydrogen) atoms. The van der Waals surface area contributed by atoms with Crippen LogP contribution in [0.5, 0.6) is 0 Å². The summed E-state index contributed by atoms with van der Waals surface area (Å²) >= 11 is 6.21. The van der Waals surface area contributed by atoms with E-state index >= 15 is 0 Å². The van der Waals surface area contributed by atoms with Crippen molar-refractivity contribution in [3.05, 3.63) is 49.9 Å². The van der Waals surface area contributed by atoms with Gasteiger partial charge in [0, 0.05) is 31.3 Å². The van der Waals surface area contributed by atoms with Crippen molar-refractivity contribution in [1.82, 2.24) is 5.16 Å². The maximum Gasteiger partial charge on any atom is 0.271 e. The number of nitro benzene ring substituents is 1. The summed E-state index contributed by atoms with van der Waals surface area (Å²) in [6.45, 7) is 6.11. The minimum atomic E-state index is -0.447. The second-order valence-electron chi connectivity index (χ2n) is 5.01. The Bertz CT molecular complexity index is 654. The molecule has 0 N–H and O–H groups in total. The Hall–Kier alpha value is -2.08. The Morgan fingerprint density at radius 1 is 1.38 bits per heavy atom. The van der Waals surface area contributed by atoms with Crippen molar-refractivity contribution in [2.75, 3.05) is 11.9 Å². The number of halogens is 1. The van der Waals surface area contributed by atoms with Gasteiger partial charge < -0.3 is 9.42 Å². The van der Waals surface area contributed by atoms with Crippen LogP contribution in [0, 0.1) is 30.9 Å². The third-order valence-electron chi connectivity index (χ3n) is 3.41. The lowest BCUT2D eigenvalue weighted by Gasteiger charge is -2.22. The topological polar surface area (TPSA) is 72.4 Å². The van der Waals surface area contributed by atoms with Crippen LogP contribution >= 0.6 is 11.6 Å². The molecule has 0 saturated carbocycles. The van der Waals surface area contributed by atoms with Crippen molar-refractivity contribution in [2.24, 2.45) is 0 Å². The lowest BCUT2D eigenvalue weighted by Crippen LogP contribution is -2.19. The molecule has 112 valence electrons. The molecule has 0 bridgehead atoms. The number of hydrogen-bond donors (Lipinski definition) is 0. The quantitative estimate of drug-likeness (QED) is 0.634. The zero-order chi connectivity index (χ0) is 15.7. The highest BCUT2D eigenvalue weighted by Crippen LogP contribution is 2.34. The lowest BCUT2D eigenvalue weighted by molar-refractivity contribution is -0.384. The fourth-order valence-corrected chi connectivity index (χ4v) is 2.76. The highest BCUT2D eigenvalue weighted by atomic mass is 35.5. The van der Waals surface area contributed by atoms with E-state index in [-0.39, 0.29) is 5.69 Å². The maximum atomic E-state index is 10.8. The minimum Gasteiger partial charge on any atom is -0.369 e. The number of aromatic nitrogens is 1. The Morgan fingerprint density at radius 3 is 2.52 bits per heavy atom. The van der Waals surface area contributed by atoms with E-state index < -0.39 is 4.92 Å². The van der Waals surface area contributed by atoms with E-state index in [0.717, 1.165) is 28.3 Å². The predicted molar refractivity (Wildman–Crippen MR) is 80.9 cm³/mol. The highest BCUT2D eigenvalue weighted by molar-refractivity contribution is 6.33. The largest absolute Gasteiger partial charge is 0.369 e. The van der Waals surface area contributed by atoms with Crippen LogP contribution in [0.15, 0.2) is 16.7 Å². The summed E-state index contributed by atoms with van der Waals surface area (Å²) in [7, 11) is 1.88. The monoisotopic (exact) mass is 309 g/mol. The fourth-order valence-electron chi connectivity index (χ4n) is 2.35. The van der Waals surface area contributed by atoms with Crippen LogP contribution in [0.2, 0.25) is 5.02 Å². The van der Waals surface area contributed by atoms with Gasteiger partial charge in [-0.3, -0.25) is 10.1 Å². The molecule has 7 heteroatoms. The number of non-ortho nitro benzene ring substituents is 1. The van der Waals surface area contributed by atoms with E-state index in [4.69, 9.17) is 16.1 Å². The molecule has 1 heterocycles. The molecule has 0 atom stereocenters. The third kappa shape index (κ3) is 3.00. The van der Waals surface area contributed by atoms with E-state index in [1.807, 2.05) is 25.8 Å². The molecule has 0 aliphatic carbocycles. The van der Waals surface area contributed by atoms with Gasteiger partial charge in [-0.2, -0.15) is 0 Å². The first kappa shape index (κ1) is 15.3. The number of benzene rings is 1. The summed E-state index contributed by atoms with van der Waals surface area (Å²) in [5, 5.41) is 15.1. The minimum absolute atomic E-state index is 0.00742. The smallest absolute Gasteiger partial charge is 0.271 e. The van der Waals surface area contributed by atoms with E-state index in [1.54, 1.807) is 6.92 Å². The van der Waals surface area contributed by atoms with Gasteiger partial charge >= 0.3 is 0 Å². The molecule has 0 saturated heterocycles. The molecule has 0 radical (unpaired) electrons. The van der Waals surface area contributed by atoms with Crippen LogP contribution in [-0.2, 0) is 6.54 Å². The molecule has 0 aliphatic heterocycles. The van der Waals surface area contributed by atoms with Crippen molar-refractivity contribution in [3.8, 4) is 0 Å². The van der Waals surface area contributed by atoms with Gasteiger partial charge in [0.1, 0.15) is 5.76 Å². The molecule has 0 unspecified atom stereocenters. The summed E-state index contributed by atoms with van der Waals surface area (Å²) in [6, 6.07) is 2.89. The molecular formula is C14H16ClN3O3. The van der Waals surface area contributed by atoms with Gasteiger partial charge in [0.05, 0.1) is 21.3 Å². The van der Waals surface area contributed by atoms with Crippen molar-refractivity contribution in [3.63, 3.8) is 0 Å². The molecule has 0 aliphatic rings. The highest BCUT2D eigenvalue weighted by Gasteiger charge is 2.18. The van der Waals surface area contributed by atoms with E-state index in [1.165, 1.54) is 12.1 Å². The number of anilines is 1. The Balaban J connectivity index is 2.36. The molecular weight excluding hydrogens is 294 g/mol. The fraction of sp³-hybridized carbons (Fsp3) is 0.357. The molecule has 6 nitrogen and oxygen atoms in total. The van der Waals surface area contributed by atoms with Gasteiger partial charge in [-0.1, -0.05) is 16.8 Å². The van der Waals surface area contributed by atoms with Gasteiger partial charge in [0.15, 0.2) is 0 Å². The second-order valence-corrected chi connectivity index (χ2v) is 5.42. The van der Waals surface area contributed by atoms with Gasteiger partial charge in [-0.15, -0.1) is 0 Å². The van der Waals surface area contributed by atoms with E-state index in [9.17, 15) is 10.1 Å². The zero-order valence-corrected chi connectivity index (χ0v) is 13.1. The molecule has 2 aromatic rings. The first-order valence-corrected chi connectivity index (χ1v) is 6.76. The van der Waals surface area contributed by atoms with Gasteiger partial charge in [0.25, 0.3) is 5.69 Å². The van der Waals surface area contributed by atoms with Crippen molar-refractivity contribution >= 4 is 23.0 Å². The lowest BCUT2D eigenvalue weighted by atomic mass is 10.1.